The van der Waals surface area contributed by atoms with Crippen LogP contribution < -0.4 is 5.32 Å². The molecule has 2 aromatic heterocycles. The molecule has 0 radical (unpaired) electrons. The monoisotopic (exact) mass is 390 g/mol. The number of thioether (sulfide) groups is 1. The number of hydrogen-bond donors (Lipinski definition) is 1. The standard InChI is InChI=1S/C16H15BrN4OS/c1-20-16(12-8-23-9-13(12)19-20)18-15(22)7-21-5-4-10-2-3-11(17)6-14(10)21/h2-6H,7-9H2,1H3,(H,18,22). The normalized spacial score (nSPS) is 13.5. The predicted molar refractivity (Wildman–Crippen MR) is 96.5 cm³/mol. The van der Waals surface area contributed by atoms with Crippen molar-refractivity contribution >= 4 is 50.3 Å². The van der Waals surface area contributed by atoms with Crippen molar-refractivity contribution in [3.8, 4) is 0 Å². The molecule has 0 spiro atoms. The molecule has 1 amide bonds. The van der Waals surface area contributed by atoms with Gasteiger partial charge < -0.3 is 9.88 Å². The zero-order valence-electron chi connectivity index (χ0n) is 12.5. The fraction of sp³-hybridized carbons (Fsp3) is 0.250. The minimum absolute atomic E-state index is 0.0369. The Hall–Kier alpha value is -1.73. The highest BCUT2D eigenvalue weighted by Gasteiger charge is 2.22. The second kappa shape index (κ2) is 5.72. The molecule has 0 saturated carbocycles. The third-order valence-corrected chi connectivity index (χ3v) is 5.49. The summed E-state index contributed by atoms with van der Waals surface area (Å²) >= 11 is 5.31. The van der Waals surface area contributed by atoms with E-state index in [0.29, 0.717) is 0 Å². The lowest BCUT2D eigenvalue weighted by molar-refractivity contribution is -0.116. The van der Waals surface area contributed by atoms with E-state index in [9.17, 15) is 4.79 Å². The van der Waals surface area contributed by atoms with Crippen LogP contribution in [0, 0.1) is 0 Å². The molecule has 0 unspecified atom stereocenters. The minimum Gasteiger partial charge on any atom is -0.338 e. The molecule has 1 N–H and O–H groups in total. The lowest BCUT2D eigenvalue weighted by Crippen LogP contribution is -2.20. The van der Waals surface area contributed by atoms with Gasteiger partial charge in [0.15, 0.2) is 0 Å². The maximum atomic E-state index is 12.5. The van der Waals surface area contributed by atoms with E-state index in [2.05, 4.69) is 26.3 Å². The Morgan fingerprint density at radius 2 is 2.26 bits per heavy atom. The molecule has 0 fully saturated rings. The number of rotatable bonds is 3. The molecule has 1 aliphatic rings. The number of carbonyl (C=O) groups is 1. The molecule has 1 aromatic carbocycles. The summed E-state index contributed by atoms with van der Waals surface area (Å²) in [5.41, 5.74) is 3.29. The van der Waals surface area contributed by atoms with Gasteiger partial charge in [-0.05, 0) is 23.6 Å². The van der Waals surface area contributed by atoms with E-state index in [1.807, 2.05) is 53.8 Å². The average Bonchev–Trinajstić information content (AvgIpc) is 3.18. The largest absolute Gasteiger partial charge is 0.338 e. The Morgan fingerprint density at radius 1 is 1.39 bits per heavy atom. The number of amides is 1. The van der Waals surface area contributed by atoms with Crippen molar-refractivity contribution < 1.29 is 4.79 Å². The predicted octanol–water partition coefficient (Wildman–Crippen LogP) is 3.52. The molecule has 3 heterocycles. The van der Waals surface area contributed by atoms with E-state index < -0.39 is 0 Å². The number of aromatic nitrogens is 3. The van der Waals surface area contributed by atoms with Crippen molar-refractivity contribution in [3.05, 3.63) is 46.2 Å². The van der Waals surface area contributed by atoms with Gasteiger partial charge in [-0.25, -0.2) is 0 Å². The molecule has 1 aliphatic heterocycles. The number of fused-ring (bicyclic) bond motifs is 2. The van der Waals surface area contributed by atoms with Gasteiger partial charge >= 0.3 is 0 Å². The zero-order chi connectivity index (χ0) is 16.0. The summed E-state index contributed by atoms with van der Waals surface area (Å²) in [6.07, 6.45) is 1.94. The summed E-state index contributed by atoms with van der Waals surface area (Å²) in [6, 6.07) is 8.09. The molecule has 3 aromatic rings. The molecule has 0 atom stereocenters. The quantitative estimate of drug-likeness (QED) is 0.743. The molecule has 0 saturated heterocycles. The number of hydrogen-bond acceptors (Lipinski definition) is 3. The highest BCUT2D eigenvalue weighted by atomic mass is 79.9. The van der Waals surface area contributed by atoms with Crippen LogP contribution >= 0.6 is 27.7 Å². The van der Waals surface area contributed by atoms with Crippen LogP contribution in [0.3, 0.4) is 0 Å². The highest BCUT2D eigenvalue weighted by molar-refractivity contribution is 9.10. The second-order valence-corrected chi connectivity index (χ2v) is 7.49. The maximum absolute atomic E-state index is 12.5. The molecular weight excluding hydrogens is 376 g/mol. The second-order valence-electron chi connectivity index (χ2n) is 5.59. The third-order valence-electron chi connectivity index (χ3n) is 4.02. The molecular formula is C16H15BrN4OS. The summed E-state index contributed by atoms with van der Waals surface area (Å²) < 4.78 is 4.74. The van der Waals surface area contributed by atoms with Gasteiger partial charge in [0, 0.05) is 40.3 Å². The van der Waals surface area contributed by atoms with Crippen LogP contribution in [-0.4, -0.2) is 20.3 Å². The molecule has 7 heteroatoms. The van der Waals surface area contributed by atoms with Crippen molar-refractivity contribution in [1.82, 2.24) is 14.3 Å². The van der Waals surface area contributed by atoms with Crippen LogP contribution in [0.4, 0.5) is 5.82 Å². The van der Waals surface area contributed by atoms with Gasteiger partial charge in [-0.2, -0.15) is 16.9 Å². The molecule has 4 rings (SSSR count). The summed E-state index contributed by atoms with van der Waals surface area (Å²) in [7, 11) is 1.88. The van der Waals surface area contributed by atoms with Crippen LogP contribution in [0.1, 0.15) is 11.3 Å². The Kier molecular flexibility index (Phi) is 3.69. The molecule has 118 valence electrons. The molecule has 23 heavy (non-hydrogen) atoms. The van der Waals surface area contributed by atoms with Gasteiger partial charge in [-0.15, -0.1) is 0 Å². The molecule has 5 nitrogen and oxygen atoms in total. The molecule has 0 aliphatic carbocycles. The Labute approximate surface area is 146 Å². The van der Waals surface area contributed by atoms with E-state index in [0.717, 1.165) is 44.0 Å². The van der Waals surface area contributed by atoms with Crippen molar-refractivity contribution in [2.24, 2.45) is 7.05 Å². The van der Waals surface area contributed by atoms with Crippen LogP contribution in [0.2, 0.25) is 0 Å². The third kappa shape index (κ3) is 2.68. The van der Waals surface area contributed by atoms with Crippen molar-refractivity contribution in [2.75, 3.05) is 5.32 Å². The van der Waals surface area contributed by atoms with Gasteiger partial charge in [0.05, 0.1) is 5.69 Å². The Morgan fingerprint density at radius 3 is 3.13 bits per heavy atom. The highest BCUT2D eigenvalue weighted by Crippen LogP contribution is 2.34. The Bertz CT molecular complexity index is 914. The van der Waals surface area contributed by atoms with E-state index >= 15 is 0 Å². The number of benzene rings is 1. The fourth-order valence-corrected chi connectivity index (χ4v) is 4.30. The van der Waals surface area contributed by atoms with Gasteiger partial charge in [0.25, 0.3) is 0 Å². The first kappa shape index (κ1) is 14.8. The number of nitrogens with one attached hydrogen (secondary N) is 1. The maximum Gasteiger partial charge on any atom is 0.245 e. The number of aryl methyl sites for hydroxylation is 1. The smallest absolute Gasteiger partial charge is 0.245 e. The van der Waals surface area contributed by atoms with Crippen molar-refractivity contribution in [1.29, 1.82) is 0 Å². The zero-order valence-corrected chi connectivity index (χ0v) is 14.9. The van der Waals surface area contributed by atoms with Crippen LogP contribution in [0.5, 0.6) is 0 Å². The van der Waals surface area contributed by atoms with Crippen LogP contribution in [0.25, 0.3) is 10.9 Å². The number of anilines is 1. The van der Waals surface area contributed by atoms with Crippen LogP contribution in [0.15, 0.2) is 34.9 Å². The van der Waals surface area contributed by atoms with E-state index in [4.69, 9.17) is 0 Å². The Balaban J connectivity index is 1.57. The topological polar surface area (TPSA) is 51.9 Å². The number of halogens is 1. The SMILES string of the molecule is Cn1nc2c(c1NC(=O)Cn1ccc3ccc(Br)cc31)CSC2. The minimum atomic E-state index is -0.0369. The van der Waals surface area contributed by atoms with Gasteiger partial charge in [0.1, 0.15) is 12.4 Å². The first-order valence-corrected chi connectivity index (χ1v) is 9.23. The van der Waals surface area contributed by atoms with Gasteiger partial charge in [-0.3, -0.25) is 9.48 Å². The van der Waals surface area contributed by atoms with Gasteiger partial charge in [0.2, 0.25) is 5.91 Å². The summed E-state index contributed by atoms with van der Waals surface area (Å²) in [4.78, 5) is 12.5. The fourth-order valence-electron chi connectivity index (χ4n) is 2.92. The van der Waals surface area contributed by atoms with Crippen LogP contribution in [-0.2, 0) is 29.9 Å². The summed E-state index contributed by atoms with van der Waals surface area (Å²) in [6.45, 7) is 0.285. The van der Waals surface area contributed by atoms with E-state index in [1.165, 1.54) is 0 Å². The summed E-state index contributed by atoms with van der Waals surface area (Å²) in [5.74, 6) is 2.63. The number of nitrogens with zero attached hydrogens (tertiary/aromatic N) is 3. The van der Waals surface area contributed by atoms with Gasteiger partial charge in [-0.1, -0.05) is 22.0 Å². The lowest BCUT2D eigenvalue weighted by atomic mass is 10.2. The first-order valence-electron chi connectivity index (χ1n) is 7.28. The summed E-state index contributed by atoms with van der Waals surface area (Å²) in [5, 5.41) is 8.62. The lowest BCUT2D eigenvalue weighted by Gasteiger charge is -2.09. The van der Waals surface area contributed by atoms with Crippen molar-refractivity contribution in [3.63, 3.8) is 0 Å². The van der Waals surface area contributed by atoms with E-state index in [1.54, 1.807) is 4.68 Å². The van der Waals surface area contributed by atoms with E-state index in [-0.39, 0.29) is 12.5 Å². The van der Waals surface area contributed by atoms with Crippen molar-refractivity contribution in [2.45, 2.75) is 18.1 Å². The average molecular weight is 391 g/mol. The number of carbonyl (C=O) groups excluding carboxylic acids is 1. The first-order chi connectivity index (χ1) is 11.1. The molecule has 0 bridgehead atoms.